The molecule has 1 amide bonds. The zero-order chi connectivity index (χ0) is 11.1. The zero-order valence-electron chi connectivity index (χ0n) is 9.71. The Morgan fingerprint density at radius 1 is 1.67 bits per heavy atom. The summed E-state index contributed by atoms with van der Waals surface area (Å²) in [6.07, 6.45) is 6.20. The average molecular weight is 230 g/mol. The van der Waals surface area contributed by atoms with E-state index in [1.165, 1.54) is 12.8 Å². The van der Waals surface area contributed by atoms with E-state index in [0.29, 0.717) is 18.5 Å². The van der Waals surface area contributed by atoms with Gasteiger partial charge in [-0.15, -0.1) is 0 Å². The lowest BCUT2D eigenvalue weighted by Crippen LogP contribution is -2.35. The van der Waals surface area contributed by atoms with Gasteiger partial charge in [-0.25, -0.2) is 0 Å². The SMILES string of the molecule is CSCC(C)NC(=O)CCC1CCCN1. The summed E-state index contributed by atoms with van der Waals surface area (Å²) in [5, 5.41) is 6.42. The van der Waals surface area contributed by atoms with Crippen molar-refractivity contribution in [3.05, 3.63) is 0 Å². The molecule has 0 bridgehead atoms. The Kier molecular flexibility index (Phi) is 6.10. The molecule has 2 N–H and O–H groups in total. The van der Waals surface area contributed by atoms with E-state index in [-0.39, 0.29) is 5.91 Å². The summed E-state index contributed by atoms with van der Waals surface area (Å²) >= 11 is 1.77. The van der Waals surface area contributed by atoms with E-state index in [1.54, 1.807) is 11.8 Å². The molecule has 3 nitrogen and oxygen atoms in total. The van der Waals surface area contributed by atoms with Crippen LogP contribution in [0, 0.1) is 0 Å². The van der Waals surface area contributed by atoms with E-state index in [1.807, 2.05) is 0 Å². The Labute approximate surface area is 96.8 Å². The van der Waals surface area contributed by atoms with Crippen molar-refractivity contribution in [2.75, 3.05) is 18.6 Å². The van der Waals surface area contributed by atoms with Gasteiger partial charge in [0.1, 0.15) is 0 Å². The Bertz CT molecular complexity index is 193. The summed E-state index contributed by atoms with van der Waals surface area (Å²) in [5.41, 5.74) is 0. The van der Waals surface area contributed by atoms with Gasteiger partial charge in [-0.1, -0.05) is 0 Å². The molecule has 0 radical (unpaired) electrons. The third-order valence-corrected chi connectivity index (χ3v) is 3.54. The zero-order valence-corrected chi connectivity index (χ0v) is 10.5. The van der Waals surface area contributed by atoms with E-state index in [9.17, 15) is 4.79 Å². The van der Waals surface area contributed by atoms with Crippen molar-refractivity contribution >= 4 is 17.7 Å². The fourth-order valence-corrected chi connectivity index (χ4v) is 2.53. The molecular formula is C11H22N2OS. The molecule has 1 aliphatic rings. The third-order valence-electron chi connectivity index (χ3n) is 2.71. The van der Waals surface area contributed by atoms with Gasteiger partial charge >= 0.3 is 0 Å². The van der Waals surface area contributed by atoms with Crippen molar-refractivity contribution < 1.29 is 4.79 Å². The maximum atomic E-state index is 11.5. The van der Waals surface area contributed by atoms with Crippen LogP contribution in [0.4, 0.5) is 0 Å². The Morgan fingerprint density at radius 2 is 2.47 bits per heavy atom. The summed E-state index contributed by atoms with van der Waals surface area (Å²) < 4.78 is 0. The molecule has 4 heteroatoms. The summed E-state index contributed by atoms with van der Waals surface area (Å²) in [6.45, 7) is 3.18. The fourth-order valence-electron chi connectivity index (χ4n) is 1.95. The molecule has 1 fully saturated rings. The maximum Gasteiger partial charge on any atom is 0.220 e. The first-order valence-corrected chi connectivity index (χ1v) is 7.13. The summed E-state index contributed by atoms with van der Waals surface area (Å²) in [5.74, 6) is 1.19. The predicted molar refractivity (Wildman–Crippen MR) is 66.2 cm³/mol. The lowest BCUT2D eigenvalue weighted by molar-refractivity contribution is -0.121. The molecule has 1 heterocycles. The molecule has 15 heavy (non-hydrogen) atoms. The molecular weight excluding hydrogens is 208 g/mol. The van der Waals surface area contributed by atoms with Gasteiger partial charge in [-0.3, -0.25) is 4.79 Å². The lowest BCUT2D eigenvalue weighted by Gasteiger charge is -2.14. The number of hydrogen-bond acceptors (Lipinski definition) is 3. The predicted octanol–water partition coefficient (Wildman–Crippen LogP) is 1.39. The van der Waals surface area contributed by atoms with Crippen molar-refractivity contribution in [3.8, 4) is 0 Å². The highest BCUT2D eigenvalue weighted by molar-refractivity contribution is 7.98. The molecule has 0 saturated carbocycles. The van der Waals surface area contributed by atoms with Gasteiger partial charge in [-0.2, -0.15) is 11.8 Å². The van der Waals surface area contributed by atoms with Crippen LogP contribution in [0.1, 0.15) is 32.6 Å². The molecule has 0 spiro atoms. The molecule has 1 aliphatic heterocycles. The molecule has 0 aromatic rings. The number of amides is 1. The van der Waals surface area contributed by atoms with Gasteiger partial charge in [0.05, 0.1) is 0 Å². The standard InChI is InChI=1S/C11H22N2OS/c1-9(8-15-2)13-11(14)6-5-10-4-3-7-12-10/h9-10,12H,3-8H2,1-2H3,(H,13,14). The first-order valence-electron chi connectivity index (χ1n) is 5.74. The molecule has 0 aliphatic carbocycles. The van der Waals surface area contributed by atoms with E-state index in [2.05, 4.69) is 23.8 Å². The number of thioether (sulfide) groups is 1. The summed E-state index contributed by atoms with van der Waals surface area (Å²) in [7, 11) is 0. The molecule has 2 unspecified atom stereocenters. The van der Waals surface area contributed by atoms with E-state index in [4.69, 9.17) is 0 Å². The number of nitrogens with one attached hydrogen (secondary N) is 2. The minimum absolute atomic E-state index is 0.199. The first-order chi connectivity index (χ1) is 7.22. The number of carbonyl (C=O) groups is 1. The van der Waals surface area contributed by atoms with Crippen LogP contribution in [0.5, 0.6) is 0 Å². The van der Waals surface area contributed by atoms with Crippen molar-refractivity contribution in [1.29, 1.82) is 0 Å². The van der Waals surface area contributed by atoms with Crippen LogP contribution in [0.2, 0.25) is 0 Å². The van der Waals surface area contributed by atoms with Crippen LogP contribution < -0.4 is 10.6 Å². The van der Waals surface area contributed by atoms with Gasteiger partial charge in [0.15, 0.2) is 0 Å². The summed E-state index contributed by atoms with van der Waals surface area (Å²) in [4.78, 5) is 11.5. The molecule has 88 valence electrons. The second-order valence-electron chi connectivity index (χ2n) is 4.26. The smallest absolute Gasteiger partial charge is 0.220 e. The topological polar surface area (TPSA) is 41.1 Å². The van der Waals surface area contributed by atoms with Crippen molar-refractivity contribution in [2.45, 2.75) is 44.7 Å². The van der Waals surface area contributed by atoms with Crippen LogP contribution >= 0.6 is 11.8 Å². The van der Waals surface area contributed by atoms with Crippen LogP contribution in [0.25, 0.3) is 0 Å². The molecule has 2 atom stereocenters. The third kappa shape index (κ3) is 5.42. The molecule has 1 saturated heterocycles. The van der Waals surface area contributed by atoms with E-state index >= 15 is 0 Å². The van der Waals surface area contributed by atoms with Crippen molar-refractivity contribution in [1.82, 2.24) is 10.6 Å². The first kappa shape index (κ1) is 12.8. The maximum absolute atomic E-state index is 11.5. The normalized spacial score (nSPS) is 22.7. The largest absolute Gasteiger partial charge is 0.353 e. The van der Waals surface area contributed by atoms with Gasteiger partial charge in [0.2, 0.25) is 5.91 Å². The van der Waals surface area contributed by atoms with Crippen LogP contribution in [0.3, 0.4) is 0 Å². The van der Waals surface area contributed by atoms with Gasteiger partial charge < -0.3 is 10.6 Å². The second kappa shape index (κ2) is 7.12. The van der Waals surface area contributed by atoms with Crippen LogP contribution in [-0.2, 0) is 4.79 Å². The number of hydrogen-bond donors (Lipinski definition) is 2. The van der Waals surface area contributed by atoms with E-state index < -0.39 is 0 Å². The lowest BCUT2D eigenvalue weighted by atomic mass is 10.1. The fraction of sp³-hybridized carbons (Fsp3) is 0.909. The summed E-state index contributed by atoms with van der Waals surface area (Å²) in [6, 6.07) is 0.871. The van der Waals surface area contributed by atoms with Crippen molar-refractivity contribution in [3.63, 3.8) is 0 Å². The molecule has 0 aromatic carbocycles. The van der Waals surface area contributed by atoms with E-state index in [0.717, 1.165) is 18.7 Å². The quantitative estimate of drug-likeness (QED) is 0.724. The average Bonchev–Trinajstić information content (AvgIpc) is 2.67. The van der Waals surface area contributed by atoms with Crippen LogP contribution in [0.15, 0.2) is 0 Å². The van der Waals surface area contributed by atoms with Gasteiger partial charge in [0.25, 0.3) is 0 Å². The Hall–Kier alpha value is -0.220. The Balaban J connectivity index is 2.07. The van der Waals surface area contributed by atoms with Gasteiger partial charge in [-0.05, 0) is 39.0 Å². The highest BCUT2D eigenvalue weighted by atomic mass is 32.2. The Morgan fingerprint density at radius 3 is 3.07 bits per heavy atom. The number of carbonyl (C=O) groups excluding carboxylic acids is 1. The monoisotopic (exact) mass is 230 g/mol. The highest BCUT2D eigenvalue weighted by Gasteiger charge is 2.15. The molecule has 0 aromatic heterocycles. The van der Waals surface area contributed by atoms with Crippen LogP contribution in [-0.4, -0.2) is 36.5 Å². The minimum Gasteiger partial charge on any atom is -0.353 e. The molecule has 1 rings (SSSR count). The second-order valence-corrected chi connectivity index (χ2v) is 5.17. The minimum atomic E-state index is 0.199. The highest BCUT2D eigenvalue weighted by Crippen LogP contribution is 2.10. The van der Waals surface area contributed by atoms with Crippen molar-refractivity contribution in [2.24, 2.45) is 0 Å². The van der Waals surface area contributed by atoms with Gasteiger partial charge in [0, 0.05) is 24.3 Å². The number of rotatable bonds is 6.